The number of hydrogen-bond donors (Lipinski definition) is 1. The summed E-state index contributed by atoms with van der Waals surface area (Å²) in [7, 11) is 0. The lowest BCUT2D eigenvalue weighted by atomic mass is 9.87. The van der Waals surface area contributed by atoms with Crippen LogP contribution in [0.15, 0.2) is 0 Å². The van der Waals surface area contributed by atoms with E-state index in [1.165, 1.54) is 0 Å². The summed E-state index contributed by atoms with van der Waals surface area (Å²) in [5, 5.41) is 3.58. The van der Waals surface area contributed by atoms with Crippen LogP contribution in [0.25, 0.3) is 0 Å². The van der Waals surface area contributed by atoms with E-state index < -0.39 is 0 Å². The average molecular weight is 243 g/mol. The smallest absolute Gasteiger partial charge is 0.171 e. The fraction of sp³-hybridized carbons (Fsp3) is 1.00. The molecule has 0 radical (unpaired) electrons. The van der Waals surface area contributed by atoms with Gasteiger partial charge in [0.15, 0.2) is 5.79 Å². The Kier molecular flexibility index (Phi) is 4.79. The van der Waals surface area contributed by atoms with Crippen LogP contribution < -0.4 is 5.32 Å². The molecule has 1 saturated carbocycles. The van der Waals surface area contributed by atoms with Crippen LogP contribution in [0.1, 0.15) is 39.5 Å². The molecule has 1 aliphatic carbocycles. The zero-order valence-electron chi connectivity index (χ0n) is 11.0. The van der Waals surface area contributed by atoms with Crippen LogP contribution in [-0.4, -0.2) is 44.3 Å². The summed E-state index contributed by atoms with van der Waals surface area (Å²) in [6, 6.07) is 0.452. The lowest BCUT2D eigenvalue weighted by Crippen LogP contribution is -2.52. The molecule has 1 heterocycles. The van der Waals surface area contributed by atoms with Gasteiger partial charge in [-0.1, -0.05) is 6.92 Å². The molecule has 2 unspecified atom stereocenters. The van der Waals surface area contributed by atoms with Gasteiger partial charge in [-0.25, -0.2) is 0 Å². The highest BCUT2D eigenvalue weighted by atomic mass is 16.7. The molecule has 4 nitrogen and oxygen atoms in total. The largest absolute Gasteiger partial charge is 0.377 e. The van der Waals surface area contributed by atoms with Crippen molar-refractivity contribution in [3.8, 4) is 0 Å². The van der Waals surface area contributed by atoms with E-state index in [9.17, 15) is 0 Å². The summed E-state index contributed by atoms with van der Waals surface area (Å²) in [6.07, 6.45) is 4.30. The molecule has 1 N–H and O–H groups in total. The maximum atomic E-state index is 5.86. The van der Waals surface area contributed by atoms with E-state index in [1.807, 2.05) is 0 Å². The van der Waals surface area contributed by atoms with Crippen molar-refractivity contribution in [2.75, 3.05) is 26.4 Å². The minimum Gasteiger partial charge on any atom is -0.377 e. The van der Waals surface area contributed by atoms with E-state index in [2.05, 4.69) is 19.2 Å². The molecule has 2 rings (SSSR count). The van der Waals surface area contributed by atoms with Crippen LogP contribution in [0, 0.1) is 0 Å². The predicted molar refractivity (Wildman–Crippen MR) is 66.0 cm³/mol. The van der Waals surface area contributed by atoms with Crippen molar-refractivity contribution in [2.24, 2.45) is 0 Å². The fourth-order valence-electron chi connectivity index (χ4n) is 2.82. The predicted octanol–water partition coefficient (Wildman–Crippen LogP) is 1.69. The maximum Gasteiger partial charge on any atom is 0.171 e. The standard InChI is InChI=1S/C13H25NO3/c1-3-7-14-11-5-6-13(16-8-9-17-13)10-12(11)15-4-2/h11-12,14H,3-10H2,1-2H3. The van der Waals surface area contributed by atoms with E-state index >= 15 is 0 Å². The van der Waals surface area contributed by atoms with Crippen LogP contribution in [0.4, 0.5) is 0 Å². The summed E-state index contributed by atoms with van der Waals surface area (Å²) < 4.78 is 17.4. The Bertz CT molecular complexity index is 229. The van der Waals surface area contributed by atoms with E-state index in [4.69, 9.17) is 14.2 Å². The number of ether oxygens (including phenoxy) is 3. The molecular formula is C13H25NO3. The number of rotatable bonds is 5. The topological polar surface area (TPSA) is 39.7 Å². The van der Waals surface area contributed by atoms with Gasteiger partial charge in [-0.2, -0.15) is 0 Å². The summed E-state index contributed by atoms with van der Waals surface area (Å²) in [5.74, 6) is -0.343. The van der Waals surface area contributed by atoms with Crippen LogP contribution in [0.3, 0.4) is 0 Å². The highest BCUT2D eigenvalue weighted by Gasteiger charge is 2.45. The molecule has 100 valence electrons. The van der Waals surface area contributed by atoms with Gasteiger partial charge in [0, 0.05) is 25.5 Å². The Labute approximate surface area is 104 Å². The fourth-order valence-corrected chi connectivity index (χ4v) is 2.82. The minimum absolute atomic E-state index is 0.221. The third kappa shape index (κ3) is 3.19. The molecule has 0 amide bonds. The van der Waals surface area contributed by atoms with Gasteiger partial charge < -0.3 is 19.5 Å². The van der Waals surface area contributed by atoms with Crippen molar-refractivity contribution in [1.29, 1.82) is 0 Å². The van der Waals surface area contributed by atoms with Crippen molar-refractivity contribution >= 4 is 0 Å². The zero-order chi connectivity index (χ0) is 12.1. The number of hydrogen-bond acceptors (Lipinski definition) is 4. The average Bonchev–Trinajstić information content (AvgIpc) is 2.77. The Morgan fingerprint density at radius 1 is 1.29 bits per heavy atom. The number of nitrogens with one attached hydrogen (secondary N) is 1. The molecule has 1 spiro atoms. The van der Waals surface area contributed by atoms with Gasteiger partial charge in [0.05, 0.1) is 19.3 Å². The van der Waals surface area contributed by atoms with E-state index in [-0.39, 0.29) is 11.9 Å². The quantitative estimate of drug-likeness (QED) is 0.797. The molecule has 2 atom stereocenters. The van der Waals surface area contributed by atoms with Crippen molar-refractivity contribution in [3.05, 3.63) is 0 Å². The van der Waals surface area contributed by atoms with Crippen LogP contribution in [0.2, 0.25) is 0 Å². The maximum absolute atomic E-state index is 5.86. The van der Waals surface area contributed by atoms with Gasteiger partial charge in [0.2, 0.25) is 0 Å². The van der Waals surface area contributed by atoms with Gasteiger partial charge in [-0.3, -0.25) is 0 Å². The van der Waals surface area contributed by atoms with E-state index in [0.29, 0.717) is 6.04 Å². The summed E-state index contributed by atoms with van der Waals surface area (Å²) in [4.78, 5) is 0. The zero-order valence-corrected chi connectivity index (χ0v) is 11.0. The molecular weight excluding hydrogens is 218 g/mol. The Balaban J connectivity index is 1.92. The molecule has 2 aliphatic rings. The summed E-state index contributed by atoms with van der Waals surface area (Å²) in [6.45, 7) is 7.51. The molecule has 4 heteroatoms. The highest BCUT2D eigenvalue weighted by molar-refractivity contribution is 4.92. The van der Waals surface area contributed by atoms with Gasteiger partial charge in [0.1, 0.15) is 0 Å². The van der Waals surface area contributed by atoms with Crippen molar-refractivity contribution in [2.45, 2.75) is 57.5 Å². The van der Waals surface area contributed by atoms with E-state index in [1.54, 1.807) is 0 Å². The van der Waals surface area contributed by atoms with E-state index in [0.717, 1.165) is 52.0 Å². The molecule has 0 aromatic carbocycles. The lowest BCUT2D eigenvalue weighted by molar-refractivity contribution is -0.206. The highest BCUT2D eigenvalue weighted by Crippen LogP contribution is 2.37. The van der Waals surface area contributed by atoms with Gasteiger partial charge in [0.25, 0.3) is 0 Å². The van der Waals surface area contributed by atoms with Crippen molar-refractivity contribution < 1.29 is 14.2 Å². The molecule has 1 aliphatic heterocycles. The first-order chi connectivity index (χ1) is 8.29. The molecule has 1 saturated heterocycles. The molecule has 0 bridgehead atoms. The first kappa shape index (κ1) is 13.3. The third-order valence-corrected chi connectivity index (χ3v) is 3.65. The van der Waals surface area contributed by atoms with Gasteiger partial charge in [-0.15, -0.1) is 0 Å². The van der Waals surface area contributed by atoms with Gasteiger partial charge >= 0.3 is 0 Å². The van der Waals surface area contributed by atoms with Crippen LogP contribution in [-0.2, 0) is 14.2 Å². The monoisotopic (exact) mass is 243 g/mol. The van der Waals surface area contributed by atoms with Crippen molar-refractivity contribution in [1.82, 2.24) is 5.32 Å². The second kappa shape index (κ2) is 6.14. The van der Waals surface area contributed by atoms with Gasteiger partial charge in [-0.05, 0) is 26.3 Å². The molecule has 0 aromatic rings. The molecule has 2 fully saturated rings. The van der Waals surface area contributed by atoms with Crippen LogP contribution >= 0.6 is 0 Å². The first-order valence-corrected chi connectivity index (χ1v) is 6.92. The Morgan fingerprint density at radius 2 is 2.06 bits per heavy atom. The first-order valence-electron chi connectivity index (χ1n) is 6.92. The normalized spacial score (nSPS) is 32.1. The van der Waals surface area contributed by atoms with Crippen molar-refractivity contribution in [3.63, 3.8) is 0 Å². The SMILES string of the molecule is CCCNC1CCC2(CC1OCC)OCCO2. The third-order valence-electron chi connectivity index (χ3n) is 3.65. The molecule has 0 aromatic heterocycles. The Morgan fingerprint density at radius 3 is 2.71 bits per heavy atom. The van der Waals surface area contributed by atoms with Crippen LogP contribution in [0.5, 0.6) is 0 Å². The summed E-state index contributed by atoms with van der Waals surface area (Å²) >= 11 is 0. The second-order valence-corrected chi connectivity index (χ2v) is 4.90. The summed E-state index contributed by atoms with van der Waals surface area (Å²) in [5.41, 5.74) is 0. The second-order valence-electron chi connectivity index (χ2n) is 4.90. The lowest BCUT2D eigenvalue weighted by Gasteiger charge is -2.41. The Hall–Kier alpha value is -0.160. The molecule has 17 heavy (non-hydrogen) atoms. The minimum atomic E-state index is -0.343.